The molecule has 0 radical (unpaired) electrons. The number of hydrogen-bond donors (Lipinski definition) is 0. The van der Waals surface area contributed by atoms with Crippen molar-refractivity contribution in [2.24, 2.45) is 0 Å². The molecule has 0 aliphatic carbocycles. The quantitative estimate of drug-likeness (QED) is 0.466. The minimum Gasteiger partial charge on any atom is -0.463 e. The zero-order valence-corrected chi connectivity index (χ0v) is 16.7. The van der Waals surface area contributed by atoms with Gasteiger partial charge in [-0.3, -0.25) is 4.79 Å². The number of ether oxygens (including phenoxy) is 1. The number of benzene rings is 1. The summed E-state index contributed by atoms with van der Waals surface area (Å²) in [6, 6.07) is 13.8. The van der Waals surface area contributed by atoms with Gasteiger partial charge in [0.1, 0.15) is 5.69 Å². The molecule has 3 aromatic heterocycles. The van der Waals surface area contributed by atoms with Gasteiger partial charge in [0.25, 0.3) is 11.6 Å². The normalized spacial score (nSPS) is 12.0. The molecule has 0 fully saturated rings. The molecule has 4 rings (SSSR count). The van der Waals surface area contributed by atoms with Crippen molar-refractivity contribution in [3.63, 3.8) is 0 Å². The Balaban J connectivity index is 1.78. The Morgan fingerprint density at radius 3 is 2.53 bits per heavy atom. The first kappa shape index (κ1) is 19.4. The van der Waals surface area contributed by atoms with Crippen molar-refractivity contribution in [2.45, 2.75) is 13.0 Å². The molecule has 4 aromatic rings. The highest BCUT2D eigenvalue weighted by atomic mass is 16.5. The van der Waals surface area contributed by atoms with Crippen molar-refractivity contribution in [2.75, 3.05) is 14.1 Å². The molecule has 0 spiro atoms. The topological polar surface area (TPSA) is 98.7 Å². The van der Waals surface area contributed by atoms with Crippen LogP contribution < -0.4 is 0 Å². The van der Waals surface area contributed by atoms with Gasteiger partial charge >= 0.3 is 5.97 Å². The number of esters is 1. The van der Waals surface area contributed by atoms with E-state index in [-0.39, 0.29) is 17.2 Å². The van der Waals surface area contributed by atoms with Crippen LogP contribution in [-0.2, 0) is 9.53 Å². The molecule has 3 heterocycles. The number of amides is 1. The standard InChI is InChI=1S/C22H19N3O5/c1-13-18-15(12-16(17-10-7-11-28-17)23-20(18)30-24-13)22(27)29-19(21(26)25(2)3)14-8-5-4-6-9-14/h4-12,19H,1-3H3. The van der Waals surface area contributed by atoms with Crippen LogP contribution in [0.15, 0.2) is 63.7 Å². The first-order valence-corrected chi connectivity index (χ1v) is 9.23. The van der Waals surface area contributed by atoms with Crippen LogP contribution in [0.4, 0.5) is 0 Å². The lowest BCUT2D eigenvalue weighted by Crippen LogP contribution is -2.31. The molecule has 1 aromatic carbocycles. The number of rotatable bonds is 5. The summed E-state index contributed by atoms with van der Waals surface area (Å²) in [5.41, 5.74) is 1.83. The van der Waals surface area contributed by atoms with Crippen LogP contribution in [0.3, 0.4) is 0 Å². The van der Waals surface area contributed by atoms with Gasteiger partial charge in [-0.2, -0.15) is 0 Å². The number of aromatic nitrogens is 2. The number of carbonyl (C=O) groups is 2. The molecule has 152 valence electrons. The van der Waals surface area contributed by atoms with E-state index in [1.807, 2.05) is 6.07 Å². The summed E-state index contributed by atoms with van der Waals surface area (Å²) >= 11 is 0. The molecule has 0 N–H and O–H groups in total. The van der Waals surface area contributed by atoms with Crippen LogP contribution in [0.5, 0.6) is 0 Å². The summed E-state index contributed by atoms with van der Waals surface area (Å²) in [5, 5.41) is 4.34. The highest BCUT2D eigenvalue weighted by molar-refractivity contribution is 6.05. The largest absolute Gasteiger partial charge is 0.463 e. The van der Waals surface area contributed by atoms with Crippen LogP contribution in [0, 0.1) is 6.92 Å². The molecule has 30 heavy (non-hydrogen) atoms. The molecule has 1 amide bonds. The Morgan fingerprint density at radius 2 is 1.87 bits per heavy atom. The summed E-state index contributed by atoms with van der Waals surface area (Å²) < 4.78 is 16.4. The summed E-state index contributed by atoms with van der Waals surface area (Å²) in [6.45, 7) is 1.70. The number of nitrogens with zero attached hydrogens (tertiary/aromatic N) is 3. The van der Waals surface area contributed by atoms with Crippen molar-refractivity contribution in [1.82, 2.24) is 15.0 Å². The number of likely N-dealkylation sites (N-methyl/N-ethyl adjacent to an activating group) is 1. The first-order chi connectivity index (χ1) is 14.5. The highest BCUT2D eigenvalue weighted by Gasteiger charge is 2.29. The van der Waals surface area contributed by atoms with E-state index in [1.54, 1.807) is 63.5 Å². The maximum Gasteiger partial charge on any atom is 0.340 e. The molecular weight excluding hydrogens is 386 g/mol. The van der Waals surface area contributed by atoms with E-state index >= 15 is 0 Å². The minimum atomic E-state index is -1.09. The first-order valence-electron chi connectivity index (χ1n) is 9.23. The van der Waals surface area contributed by atoms with Gasteiger partial charge in [0, 0.05) is 19.7 Å². The van der Waals surface area contributed by atoms with Crippen molar-refractivity contribution < 1.29 is 23.3 Å². The Bertz CT molecular complexity index is 1200. The van der Waals surface area contributed by atoms with Gasteiger partial charge in [-0.05, 0) is 25.1 Å². The Morgan fingerprint density at radius 1 is 1.10 bits per heavy atom. The second-order valence-corrected chi connectivity index (χ2v) is 6.91. The number of aryl methyl sites for hydroxylation is 1. The van der Waals surface area contributed by atoms with Crippen molar-refractivity contribution in [3.8, 4) is 11.5 Å². The van der Waals surface area contributed by atoms with Crippen LogP contribution in [0.2, 0.25) is 0 Å². The Kier molecular flexibility index (Phi) is 5.05. The molecule has 8 nitrogen and oxygen atoms in total. The van der Waals surface area contributed by atoms with E-state index < -0.39 is 12.1 Å². The zero-order valence-electron chi connectivity index (χ0n) is 16.7. The number of fused-ring (bicyclic) bond motifs is 1. The average Bonchev–Trinajstić information content (AvgIpc) is 3.41. The second kappa shape index (κ2) is 7.82. The summed E-state index contributed by atoms with van der Waals surface area (Å²) in [5.74, 6) is -0.581. The molecule has 1 atom stereocenters. The third-order valence-electron chi connectivity index (χ3n) is 4.60. The third-order valence-corrected chi connectivity index (χ3v) is 4.60. The SMILES string of the molecule is Cc1noc2nc(-c3ccco3)cc(C(=O)OC(C(=O)N(C)C)c3ccccc3)c12. The van der Waals surface area contributed by atoms with Gasteiger partial charge < -0.3 is 18.6 Å². The molecule has 1 unspecified atom stereocenters. The Hall–Kier alpha value is -3.94. The van der Waals surface area contributed by atoms with E-state index in [1.165, 1.54) is 11.2 Å². The molecule has 0 bridgehead atoms. The smallest absolute Gasteiger partial charge is 0.340 e. The molecule has 0 saturated heterocycles. The van der Waals surface area contributed by atoms with E-state index in [0.717, 1.165) is 0 Å². The number of pyridine rings is 1. The Labute approximate surface area is 172 Å². The van der Waals surface area contributed by atoms with Crippen molar-refractivity contribution >= 4 is 23.0 Å². The highest BCUT2D eigenvalue weighted by Crippen LogP contribution is 2.29. The predicted octanol–water partition coefficient (Wildman–Crippen LogP) is 3.78. The molecule has 0 saturated carbocycles. The van der Waals surface area contributed by atoms with E-state index in [9.17, 15) is 9.59 Å². The van der Waals surface area contributed by atoms with Crippen LogP contribution in [0.25, 0.3) is 22.6 Å². The average molecular weight is 405 g/mol. The summed E-state index contributed by atoms with van der Waals surface area (Å²) in [7, 11) is 3.21. The van der Waals surface area contributed by atoms with Crippen molar-refractivity contribution in [3.05, 3.63) is 71.6 Å². The van der Waals surface area contributed by atoms with Crippen LogP contribution in [-0.4, -0.2) is 41.0 Å². The van der Waals surface area contributed by atoms with E-state index in [4.69, 9.17) is 13.7 Å². The molecular formula is C22H19N3O5. The lowest BCUT2D eigenvalue weighted by atomic mass is 10.1. The van der Waals surface area contributed by atoms with Crippen LogP contribution >= 0.6 is 0 Å². The molecule has 0 aliphatic rings. The van der Waals surface area contributed by atoms with Gasteiger partial charge in [-0.15, -0.1) is 0 Å². The lowest BCUT2D eigenvalue weighted by Gasteiger charge is -2.21. The molecule has 0 aliphatic heterocycles. The number of furan rings is 1. The van der Waals surface area contributed by atoms with Gasteiger partial charge in [0.2, 0.25) is 6.10 Å². The van der Waals surface area contributed by atoms with Gasteiger partial charge in [0.15, 0.2) is 5.76 Å². The monoisotopic (exact) mass is 405 g/mol. The fourth-order valence-electron chi connectivity index (χ4n) is 3.10. The fourth-order valence-corrected chi connectivity index (χ4v) is 3.10. The van der Waals surface area contributed by atoms with Crippen LogP contribution in [0.1, 0.15) is 27.7 Å². The summed E-state index contributed by atoms with van der Waals surface area (Å²) in [6.07, 6.45) is 0.413. The summed E-state index contributed by atoms with van der Waals surface area (Å²) in [4.78, 5) is 31.7. The molecule has 8 heteroatoms. The predicted molar refractivity (Wildman–Crippen MR) is 108 cm³/mol. The third kappa shape index (κ3) is 3.55. The van der Waals surface area contributed by atoms with E-state index in [0.29, 0.717) is 28.1 Å². The number of hydrogen-bond acceptors (Lipinski definition) is 7. The maximum absolute atomic E-state index is 13.2. The second-order valence-electron chi connectivity index (χ2n) is 6.91. The van der Waals surface area contributed by atoms with Gasteiger partial charge in [0.05, 0.1) is 22.9 Å². The minimum absolute atomic E-state index is 0.184. The van der Waals surface area contributed by atoms with Crippen molar-refractivity contribution in [1.29, 1.82) is 0 Å². The zero-order chi connectivity index (χ0) is 21.3. The maximum atomic E-state index is 13.2. The van der Waals surface area contributed by atoms with Gasteiger partial charge in [-0.25, -0.2) is 9.78 Å². The lowest BCUT2D eigenvalue weighted by molar-refractivity contribution is -0.138. The van der Waals surface area contributed by atoms with Gasteiger partial charge in [-0.1, -0.05) is 35.5 Å². The fraction of sp³-hybridized carbons (Fsp3) is 0.182. The number of carbonyl (C=O) groups excluding carboxylic acids is 2. The van der Waals surface area contributed by atoms with E-state index in [2.05, 4.69) is 10.1 Å².